The van der Waals surface area contributed by atoms with Gasteiger partial charge in [-0.25, -0.2) is 0 Å². The Morgan fingerprint density at radius 3 is 2.06 bits per heavy atom. The molecule has 196 valence electrons. The number of hydrogen-bond donors (Lipinski definition) is 2. The van der Waals surface area contributed by atoms with E-state index in [1.165, 1.54) is 90.1 Å². The smallest absolute Gasteiger partial charge is 0.0728 e. The molecule has 5 heteroatoms. The van der Waals surface area contributed by atoms with Gasteiger partial charge in [0.25, 0.3) is 0 Å². The molecule has 7 atom stereocenters. The number of nitrogens with one attached hydrogen (secondary N) is 2. The maximum Gasteiger partial charge on any atom is 0.0728 e. The highest BCUT2D eigenvalue weighted by atomic mass is 31.0. The first kappa shape index (κ1) is 25.7. The van der Waals surface area contributed by atoms with E-state index in [0.717, 1.165) is 35.5 Å². The normalized spacial score (nSPS) is 43.4. The van der Waals surface area contributed by atoms with Gasteiger partial charge in [-0.2, -0.15) is 0 Å². The highest BCUT2D eigenvalue weighted by molar-refractivity contribution is 7.19. The molecule has 2 N–H and O–H groups in total. The molecule has 7 rings (SSSR count). The molecule has 0 amide bonds. The van der Waals surface area contributed by atoms with Crippen LogP contribution in [-0.4, -0.2) is 45.6 Å². The average Bonchev–Trinajstić information content (AvgIpc) is 3.32. The van der Waals surface area contributed by atoms with Gasteiger partial charge in [0.15, 0.2) is 0 Å². The number of piperidine rings is 2. The fraction of sp³-hybridized carbons (Fsp3) is 0.867. The lowest BCUT2D eigenvalue weighted by Gasteiger charge is -2.63. The van der Waals surface area contributed by atoms with Crippen molar-refractivity contribution in [3.05, 3.63) is 22.4 Å². The molecule has 2 heterocycles. The van der Waals surface area contributed by atoms with E-state index in [9.17, 15) is 0 Å². The summed E-state index contributed by atoms with van der Waals surface area (Å²) in [5.41, 5.74) is 4.31. The first-order valence-corrected chi connectivity index (χ1v) is 20.0. The summed E-state index contributed by atoms with van der Waals surface area (Å²) >= 11 is 0. The standard InChI is InChI=1S/C30H52N2P2Si/c1-35(2,3)25-13-26(29-15-20-10-21(16-29)12-22(11-20)28(29)19-33)27(14-25)30(34,23-6-4-8-31-17-23)24-7-5-9-32-18-24/h13,20-24,28,31-32H,4-12,14-19,33-34H2,1-3H3. The minimum absolute atomic E-state index is 0.253. The van der Waals surface area contributed by atoms with Crippen LogP contribution in [0.2, 0.25) is 19.6 Å². The zero-order valence-corrected chi connectivity index (χ0v) is 26.1. The predicted octanol–water partition coefficient (Wildman–Crippen LogP) is 6.42. The van der Waals surface area contributed by atoms with Gasteiger partial charge in [0.2, 0.25) is 0 Å². The van der Waals surface area contributed by atoms with Crippen molar-refractivity contribution in [3.63, 3.8) is 0 Å². The maximum absolute atomic E-state index is 3.85. The molecule has 2 aliphatic heterocycles. The van der Waals surface area contributed by atoms with Gasteiger partial charge in [-0.15, -0.1) is 18.5 Å². The molecule has 7 unspecified atom stereocenters. The average molecular weight is 531 g/mol. The zero-order valence-electron chi connectivity index (χ0n) is 22.8. The van der Waals surface area contributed by atoms with Gasteiger partial charge in [0, 0.05) is 5.16 Å². The molecule has 0 radical (unpaired) electrons. The van der Waals surface area contributed by atoms with Gasteiger partial charge in [-0.3, -0.25) is 0 Å². The van der Waals surface area contributed by atoms with Crippen LogP contribution in [0.3, 0.4) is 0 Å². The summed E-state index contributed by atoms with van der Waals surface area (Å²) in [6.07, 6.45) is 18.6. The highest BCUT2D eigenvalue weighted by Crippen LogP contribution is 2.69. The van der Waals surface area contributed by atoms with Crippen LogP contribution in [-0.2, 0) is 0 Å². The predicted molar refractivity (Wildman–Crippen MR) is 161 cm³/mol. The minimum atomic E-state index is -1.36. The SMILES string of the molecule is C[Si](C)(C)C1=CC(C23CC4CC(CC(C4)C2CP)C3)=C(C(P)(C2CCCNC2)C2CCCNC2)C1. The van der Waals surface area contributed by atoms with E-state index in [1.807, 2.05) is 16.3 Å². The van der Waals surface area contributed by atoms with Crippen LogP contribution in [0.1, 0.15) is 64.2 Å². The van der Waals surface area contributed by atoms with Crippen molar-refractivity contribution in [2.24, 2.45) is 40.9 Å². The molecular formula is C30H52N2P2Si. The number of allylic oxidation sites excluding steroid dienone is 4. The topological polar surface area (TPSA) is 24.1 Å². The fourth-order valence-electron chi connectivity index (χ4n) is 10.2. The summed E-state index contributed by atoms with van der Waals surface area (Å²) in [5, 5.41) is 9.81. The van der Waals surface area contributed by atoms with Gasteiger partial charge in [-0.1, -0.05) is 36.5 Å². The summed E-state index contributed by atoms with van der Waals surface area (Å²) in [6.45, 7) is 12.7. The summed E-state index contributed by atoms with van der Waals surface area (Å²) in [4.78, 5) is 0. The summed E-state index contributed by atoms with van der Waals surface area (Å²) in [6, 6.07) is 0. The third kappa shape index (κ3) is 4.25. The van der Waals surface area contributed by atoms with Crippen LogP contribution < -0.4 is 10.6 Å². The summed E-state index contributed by atoms with van der Waals surface area (Å²) in [5.74, 6) is 5.41. The lowest BCUT2D eigenvalue weighted by atomic mass is 9.43. The fourth-order valence-corrected chi connectivity index (χ4v) is 13.2. The third-order valence-electron chi connectivity index (χ3n) is 11.8. The molecule has 0 aromatic heterocycles. The molecule has 35 heavy (non-hydrogen) atoms. The minimum Gasteiger partial charge on any atom is -0.316 e. The molecule has 7 aliphatic rings. The Balaban J connectivity index is 1.51. The molecule has 4 saturated carbocycles. The highest BCUT2D eigenvalue weighted by Gasteiger charge is 2.60. The Kier molecular flexibility index (Phi) is 7.05. The van der Waals surface area contributed by atoms with Crippen LogP contribution in [0.25, 0.3) is 0 Å². The molecular weight excluding hydrogens is 478 g/mol. The van der Waals surface area contributed by atoms with Gasteiger partial charge < -0.3 is 10.6 Å². The van der Waals surface area contributed by atoms with Gasteiger partial charge in [0.05, 0.1) is 8.07 Å². The van der Waals surface area contributed by atoms with Crippen molar-refractivity contribution in [2.75, 3.05) is 32.3 Å². The Bertz CT molecular complexity index is 845. The van der Waals surface area contributed by atoms with E-state index < -0.39 is 8.07 Å². The monoisotopic (exact) mass is 530 g/mol. The number of rotatable bonds is 6. The zero-order chi connectivity index (χ0) is 24.4. The lowest BCUT2D eigenvalue weighted by Crippen LogP contribution is -2.56. The Morgan fingerprint density at radius 2 is 1.57 bits per heavy atom. The van der Waals surface area contributed by atoms with Crippen LogP contribution in [0.4, 0.5) is 0 Å². The van der Waals surface area contributed by atoms with Gasteiger partial charge >= 0.3 is 0 Å². The van der Waals surface area contributed by atoms with Crippen molar-refractivity contribution in [1.29, 1.82) is 0 Å². The van der Waals surface area contributed by atoms with Crippen LogP contribution in [0, 0.1) is 40.9 Å². The van der Waals surface area contributed by atoms with Crippen molar-refractivity contribution >= 4 is 26.6 Å². The molecule has 0 aromatic rings. The summed E-state index contributed by atoms with van der Waals surface area (Å²) in [7, 11) is 5.52. The van der Waals surface area contributed by atoms with Crippen molar-refractivity contribution in [3.8, 4) is 0 Å². The Labute approximate surface area is 221 Å². The van der Waals surface area contributed by atoms with Crippen LogP contribution in [0.5, 0.6) is 0 Å². The van der Waals surface area contributed by atoms with Gasteiger partial charge in [0.1, 0.15) is 0 Å². The second-order valence-corrected chi connectivity index (χ2v) is 21.2. The van der Waals surface area contributed by atoms with Crippen LogP contribution >= 0.6 is 18.5 Å². The van der Waals surface area contributed by atoms with E-state index in [2.05, 4.69) is 54.8 Å². The van der Waals surface area contributed by atoms with E-state index in [4.69, 9.17) is 0 Å². The number of hydrogen-bond acceptors (Lipinski definition) is 2. The van der Waals surface area contributed by atoms with Crippen LogP contribution in [0.15, 0.2) is 22.4 Å². The van der Waals surface area contributed by atoms with Crippen molar-refractivity contribution in [1.82, 2.24) is 10.6 Å². The van der Waals surface area contributed by atoms with Crippen molar-refractivity contribution < 1.29 is 0 Å². The second kappa shape index (κ2) is 9.59. The van der Waals surface area contributed by atoms with E-state index in [-0.39, 0.29) is 5.16 Å². The maximum atomic E-state index is 3.85. The third-order valence-corrected chi connectivity index (χ3v) is 15.8. The molecule has 0 aromatic carbocycles. The molecule has 2 saturated heterocycles. The summed E-state index contributed by atoms with van der Waals surface area (Å²) < 4.78 is 0. The Hall–Kier alpha value is 0.477. The van der Waals surface area contributed by atoms with E-state index >= 15 is 0 Å². The Morgan fingerprint density at radius 1 is 0.971 bits per heavy atom. The largest absolute Gasteiger partial charge is 0.316 e. The molecule has 2 nitrogen and oxygen atoms in total. The molecule has 0 spiro atoms. The quantitative estimate of drug-likeness (QED) is 0.306. The molecule has 5 aliphatic carbocycles. The molecule has 6 fully saturated rings. The lowest BCUT2D eigenvalue weighted by molar-refractivity contribution is -0.0766. The first-order valence-electron chi connectivity index (χ1n) is 15.1. The van der Waals surface area contributed by atoms with Crippen molar-refractivity contribution in [2.45, 2.75) is 89.0 Å². The van der Waals surface area contributed by atoms with E-state index in [1.54, 1.807) is 6.42 Å². The second-order valence-electron chi connectivity index (χ2n) is 14.6. The molecule has 4 bridgehead atoms. The first-order chi connectivity index (χ1) is 16.8. The van der Waals surface area contributed by atoms with Gasteiger partial charge in [-0.05, 0) is 143 Å². The van der Waals surface area contributed by atoms with E-state index in [0.29, 0.717) is 5.41 Å².